The number of aromatic nitrogens is 1. The molecule has 5 nitrogen and oxygen atoms in total. The van der Waals surface area contributed by atoms with Crippen molar-refractivity contribution in [2.45, 2.75) is 25.8 Å². The number of thiophene rings is 1. The average Bonchev–Trinajstić information content (AvgIpc) is 3.48. The molecule has 1 unspecified atom stereocenters. The molecule has 0 bridgehead atoms. The van der Waals surface area contributed by atoms with Crippen LogP contribution in [0.15, 0.2) is 66.2 Å². The first-order valence-corrected chi connectivity index (χ1v) is 11.9. The summed E-state index contributed by atoms with van der Waals surface area (Å²) in [6, 6.07) is 14.2. The van der Waals surface area contributed by atoms with Crippen molar-refractivity contribution in [3.8, 4) is 0 Å². The maximum Gasteiger partial charge on any atom is 0.257 e. The first-order chi connectivity index (χ1) is 16.4. The lowest BCUT2D eigenvalue weighted by Crippen LogP contribution is -2.50. The number of halogens is 2. The quantitative estimate of drug-likeness (QED) is 0.323. The van der Waals surface area contributed by atoms with Crippen LogP contribution in [0, 0.1) is 17.6 Å². The van der Waals surface area contributed by atoms with Gasteiger partial charge in [-0.1, -0.05) is 44.2 Å². The molecule has 3 N–H and O–H groups in total. The van der Waals surface area contributed by atoms with Crippen LogP contribution in [0.2, 0.25) is 0 Å². The van der Waals surface area contributed by atoms with E-state index >= 15 is 0 Å². The van der Waals surface area contributed by atoms with Crippen LogP contribution in [0.5, 0.6) is 0 Å². The Morgan fingerprint density at radius 2 is 1.74 bits per heavy atom. The van der Waals surface area contributed by atoms with E-state index in [4.69, 9.17) is 0 Å². The molecule has 8 heteroatoms. The number of para-hydroxylation sites is 1. The third-order valence-corrected chi connectivity index (χ3v) is 6.78. The molecule has 2 amide bonds. The molecule has 0 saturated carbocycles. The van der Waals surface area contributed by atoms with Gasteiger partial charge in [-0.25, -0.2) is 8.78 Å². The Morgan fingerprint density at radius 3 is 2.41 bits per heavy atom. The third kappa shape index (κ3) is 4.87. The molecule has 2 aromatic heterocycles. The summed E-state index contributed by atoms with van der Waals surface area (Å²) in [5.41, 5.74) is 1.36. The lowest BCUT2D eigenvalue weighted by molar-refractivity contribution is -0.123. The van der Waals surface area contributed by atoms with Crippen molar-refractivity contribution in [3.05, 3.63) is 93.8 Å². The smallest absolute Gasteiger partial charge is 0.257 e. The molecule has 0 saturated heterocycles. The van der Waals surface area contributed by atoms with Crippen molar-refractivity contribution < 1.29 is 18.4 Å². The zero-order valence-corrected chi connectivity index (χ0v) is 19.6. The van der Waals surface area contributed by atoms with Crippen LogP contribution in [0.25, 0.3) is 10.9 Å². The van der Waals surface area contributed by atoms with Gasteiger partial charge in [-0.2, -0.15) is 0 Å². The van der Waals surface area contributed by atoms with Gasteiger partial charge in [0.1, 0.15) is 23.2 Å². The molecule has 176 valence electrons. The summed E-state index contributed by atoms with van der Waals surface area (Å²) < 4.78 is 28.1. The second-order valence-corrected chi connectivity index (χ2v) is 9.37. The Hall–Kier alpha value is -3.52. The fourth-order valence-electron chi connectivity index (χ4n) is 4.01. The molecule has 4 aromatic rings. The zero-order valence-electron chi connectivity index (χ0n) is 18.8. The van der Waals surface area contributed by atoms with Crippen LogP contribution >= 0.6 is 11.3 Å². The van der Waals surface area contributed by atoms with E-state index in [1.54, 1.807) is 25.2 Å². The van der Waals surface area contributed by atoms with Gasteiger partial charge in [0.15, 0.2) is 0 Å². The van der Waals surface area contributed by atoms with Gasteiger partial charge in [-0.05, 0) is 41.1 Å². The van der Waals surface area contributed by atoms with Crippen LogP contribution < -0.4 is 10.6 Å². The Labute approximate surface area is 200 Å². The van der Waals surface area contributed by atoms with E-state index in [-0.39, 0.29) is 11.8 Å². The number of benzene rings is 2. The number of H-pyrrole nitrogens is 1. The average molecular weight is 482 g/mol. The summed E-state index contributed by atoms with van der Waals surface area (Å²) in [6.07, 6.45) is 1.95. The minimum absolute atomic E-state index is 0.104. The van der Waals surface area contributed by atoms with Crippen LogP contribution in [-0.2, 0) is 4.79 Å². The van der Waals surface area contributed by atoms with Gasteiger partial charge >= 0.3 is 0 Å². The molecule has 2 heterocycles. The van der Waals surface area contributed by atoms with E-state index in [9.17, 15) is 18.4 Å². The Morgan fingerprint density at radius 1 is 1.00 bits per heavy atom. The van der Waals surface area contributed by atoms with Gasteiger partial charge in [-0.3, -0.25) is 9.59 Å². The molecule has 34 heavy (non-hydrogen) atoms. The van der Waals surface area contributed by atoms with E-state index in [1.807, 2.05) is 48.0 Å². The van der Waals surface area contributed by atoms with Crippen molar-refractivity contribution in [1.82, 2.24) is 15.6 Å². The van der Waals surface area contributed by atoms with Crippen molar-refractivity contribution in [3.63, 3.8) is 0 Å². The number of aromatic amines is 1. The second kappa shape index (κ2) is 10.2. The van der Waals surface area contributed by atoms with Gasteiger partial charge < -0.3 is 15.6 Å². The number of hydrogen-bond acceptors (Lipinski definition) is 3. The molecule has 0 radical (unpaired) electrons. The molecule has 0 spiro atoms. The molecule has 0 aliphatic heterocycles. The lowest BCUT2D eigenvalue weighted by atomic mass is 9.96. The molecule has 2 atom stereocenters. The number of carbonyl (C=O) groups excluding carboxylic acids is 2. The monoisotopic (exact) mass is 481 g/mol. The number of hydrogen-bond donors (Lipinski definition) is 3. The van der Waals surface area contributed by atoms with Crippen LogP contribution in [0.1, 0.15) is 40.6 Å². The topological polar surface area (TPSA) is 74.0 Å². The Kier molecular flexibility index (Phi) is 7.07. The van der Waals surface area contributed by atoms with Crippen molar-refractivity contribution in [1.29, 1.82) is 0 Å². The van der Waals surface area contributed by atoms with E-state index < -0.39 is 35.1 Å². The summed E-state index contributed by atoms with van der Waals surface area (Å²) in [6.45, 7) is 3.83. The first kappa shape index (κ1) is 23.6. The summed E-state index contributed by atoms with van der Waals surface area (Å²) in [5, 5.41) is 8.50. The highest BCUT2D eigenvalue weighted by Crippen LogP contribution is 2.32. The fraction of sp³-hybridized carbons (Fsp3) is 0.231. The van der Waals surface area contributed by atoms with Crippen LogP contribution in [0.3, 0.4) is 0 Å². The number of amides is 2. The molecule has 2 aromatic carbocycles. The van der Waals surface area contributed by atoms with E-state index in [0.29, 0.717) is 6.54 Å². The van der Waals surface area contributed by atoms with E-state index in [2.05, 4.69) is 15.6 Å². The molecular formula is C26H25F2N3O2S. The summed E-state index contributed by atoms with van der Waals surface area (Å²) in [5.74, 6) is -3.73. The van der Waals surface area contributed by atoms with Crippen molar-refractivity contribution in [2.24, 2.45) is 5.92 Å². The predicted molar refractivity (Wildman–Crippen MR) is 130 cm³/mol. The normalized spacial score (nSPS) is 13.1. The van der Waals surface area contributed by atoms with Crippen molar-refractivity contribution in [2.75, 3.05) is 6.54 Å². The summed E-state index contributed by atoms with van der Waals surface area (Å²) in [7, 11) is 0. The van der Waals surface area contributed by atoms with Gasteiger partial charge in [0.25, 0.3) is 5.91 Å². The first-order valence-electron chi connectivity index (χ1n) is 11.0. The second-order valence-electron chi connectivity index (χ2n) is 8.39. The van der Waals surface area contributed by atoms with Gasteiger partial charge in [-0.15, -0.1) is 11.3 Å². The summed E-state index contributed by atoms with van der Waals surface area (Å²) in [4.78, 5) is 30.1. The molecule has 4 rings (SSSR count). The Bertz CT molecular complexity index is 1280. The van der Waals surface area contributed by atoms with Crippen molar-refractivity contribution >= 4 is 34.1 Å². The summed E-state index contributed by atoms with van der Waals surface area (Å²) >= 11 is 1.60. The number of nitrogens with one attached hydrogen (secondary N) is 3. The van der Waals surface area contributed by atoms with Gasteiger partial charge in [0.05, 0.1) is 0 Å². The largest absolute Gasteiger partial charge is 0.361 e. The highest BCUT2D eigenvalue weighted by molar-refractivity contribution is 7.10. The molecular weight excluding hydrogens is 456 g/mol. The standard InChI is InChI=1S/C26H25F2N3O2S/c1-15(2)24(31-25(32)23-19(27)8-5-9-20(23)28)26(33)30-14-18(22-11-6-12-34-22)17-13-29-21-10-4-3-7-16(17)21/h3-13,15,18,24,29H,14H2,1-2H3,(H,30,33)(H,31,32)/t18?,24-/m0/s1. The minimum atomic E-state index is -0.975. The van der Waals surface area contributed by atoms with E-state index in [0.717, 1.165) is 33.5 Å². The number of fused-ring (bicyclic) bond motifs is 1. The fourth-order valence-corrected chi connectivity index (χ4v) is 4.86. The highest BCUT2D eigenvalue weighted by Gasteiger charge is 2.28. The van der Waals surface area contributed by atoms with E-state index in [1.165, 1.54) is 6.07 Å². The highest BCUT2D eigenvalue weighted by atomic mass is 32.1. The third-order valence-electron chi connectivity index (χ3n) is 5.79. The van der Waals surface area contributed by atoms with Gasteiger partial charge in [0.2, 0.25) is 5.91 Å². The maximum absolute atomic E-state index is 14.0. The van der Waals surface area contributed by atoms with Crippen LogP contribution in [0.4, 0.5) is 8.78 Å². The lowest BCUT2D eigenvalue weighted by Gasteiger charge is -2.24. The number of rotatable bonds is 8. The minimum Gasteiger partial charge on any atom is -0.361 e. The molecule has 0 aliphatic rings. The number of carbonyl (C=O) groups is 2. The molecule has 0 fully saturated rings. The predicted octanol–water partition coefficient (Wildman–Crippen LogP) is 5.21. The van der Waals surface area contributed by atoms with Gasteiger partial charge in [0, 0.05) is 34.4 Å². The molecule has 0 aliphatic carbocycles. The van der Waals surface area contributed by atoms with Crippen LogP contribution in [-0.4, -0.2) is 29.4 Å². The zero-order chi connectivity index (χ0) is 24.2. The Balaban J connectivity index is 1.53. The SMILES string of the molecule is CC(C)[C@H](NC(=O)c1c(F)cccc1F)C(=O)NCC(c1cccs1)c1c[nH]c2ccccc12. The maximum atomic E-state index is 14.0.